The first-order valence-electron chi connectivity index (χ1n) is 5.49. The SMILES string of the molecule is Cc1cnc(-c2ccc(C(F)(F)F)cc2)c(C)c1. The number of hydrogen-bond donors (Lipinski definition) is 0. The molecular weight excluding hydrogens is 239 g/mol. The van der Waals surface area contributed by atoms with Gasteiger partial charge in [0.15, 0.2) is 0 Å². The monoisotopic (exact) mass is 251 g/mol. The fraction of sp³-hybridized carbons (Fsp3) is 0.214. The predicted molar refractivity (Wildman–Crippen MR) is 64.1 cm³/mol. The number of benzene rings is 1. The van der Waals surface area contributed by atoms with Crippen molar-refractivity contribution in [3.63, 3.8) is 0 Å². The highest BCUT2D eigenvalue weighted by Crippen LogP contribution is 2.31. The van der Waals surface area contributed by atoms with Crippen molar-refractivity contribution < 1.29 is 13.2 Å². The first kappa shape index (κ1) is 12.6. The fourth-order valence-corrected chi connectivity index (χ4v) is 1.83. The lowest BCUT2D eigenvalue weighted by atomic mass is 10.0. The summed E-state index contributed by atoms with van der Waals surface area (Å²) in [5.74, 6) is 0. The molecule has 0 aliphatic carbocycles. The Morgan fingerprint density at radius 3 is 2.11 bits per heavy atom. The van der Waals surface area contributed by atoms with Crippen LogP contribution in [0.1, 0.15) is 16.7 Å². The predicted octanol–water partition coefficient (Wildman–Crippen LogP) is 4.38. The molecule has 0 fully saturated rings. The molecule has 0 aliphatic rings. The fourth-order valence-electron chi connectivity index (χ4n) is 1.83. The lowest BCUT2D eigenvalue weighted by Gasteiger charge is -2.09. The third kappa shape index (κ3) is 2.53. The maximum atomic E-state index is 12.4. The van der Waals surface area contributed by atoms with Gasteiger partial charge in [-0.15, -0.1) is 0 Å². The second-order valence-electron chi connectivity index (χ2n) is 4.25. The van der Waals surface area contributed by atoms with Crippen LogP contribution < -0.4 is 0 Å². The highest BCUT2D eigenvalue weighted by Gasteiger charge is 2.30. The van der Waals surface area contributed by atoms with Crippen molar-refractivity contribution in [2.75, 3.05) is 0 Å². The van der Waals surface area contributed by atoms with E-state index in [0.717, 1.165) is 23.3 Å². The van der Waals surface area contributed by atoms with Gasteiger partial charge in [0.25, 0.3) is 0 Å². The maximum Gasteiger partial charge on any atom is 0.416 e. The van der Waals surface area contributed by atoms with Crippen LogP contribution in [-0.2, 0) is 6.18 Å². The summed E-state index contributed by atoms with van der Waals surface area (Å²) in [6.45, 7) is 3.82. The lowest BCUT2D eigenvalue weighted by Crippen LogP contribution is -2.04. The zero-order valence-electron chi connectivity index (χ0n) is 10.0. The number of hydrogen-bond acceptors (Lipinski definition) is 1. The Morgan fingerprint density at radius 2 is 1.61 bits per heavy atom. The number of rotatable bonds is 1. The summed E-state index contributed by atoms with van der Waals surface area (Å²) in [5, 5.41) is 0. The van der Waals surface area contributed by atoms with Gasteiger partial charge in [-0.3, -0.25) is 4.98 Å². The number of pyridine rings is 1. The van der Waals surface area contributed by atoms with Gasteiger partial charge in [-0.2, -0.15) is 13.2 Å². The van der Waals surface area contributed by atoms with E-state index in [1.807, 2.05) is 19.9 Å². The zero-order valence-corrected chi connectivity index (χ0v) is 10.0. The third-order valence-electron chi connectivity index (χ3n) is 2.70. The third-order valence-corrected chi connectivity index (χ3v) is 2.70. The minimum Gasteiger partial charge on any atom is -0.256 e. The van der Waals surface area contributed by atoms with Gasteiger partial charge in [-0.25, -0.2) is 0 Å². The van der Waals surface area contributed by atoms with E-state index in [1.54, 1.807) is 6.20 Å². The molecule has 0 N–H and O–H groups in total. The highest BCUT2D eigenvalue weighted by molar-refractivity contribution is 5.63. The number of nitrogens with zero attached hydrogens (tertiary/aromatic N) is 1. The molecule has 0 unspecified atom stereocenters. The van der Waals surface area contributed by atoms with Crippen LogP contribution in [0.2, 0.25) is 0 Å². The number of aryl methyl sites for hydroxylation is 2. The van der Waals surface area contributed by atoms with E-state index in [1.165, 1.54) is 12.1 Å². The van der Waals surface area contributed by atoms with Gasteiger partial charge in [-0.05, 0) is 37.1 Å². The smallest absolute Gasteiger partial charge is 0.256 e. The first-order chi connectivity index (χ1) is 8.38. The Balaban J connectivity index is 2.41. The Labute approximate surface area is 103 Å². The molecular formula is C14H12F3N. The Morgan fingerprint density at radius 1 is 1.00 bits per heavy atom. The molecule has 0 aliphatic heterocycles. The van der Waals surface area contributed by atoms with Crippen molar-refractivity contribution in [3.05, 3.63) is 53.2 Å². The molecule has 0 saturated carbocycles. The zero-order chi connectivity index (χ0) is 13.3. The molecule has 0 atom stereocenters. The van der Waals surface area contributed by atoms with Crippen LogP contribution in [0.25, 0.3) is 11.3 Å². The topological polar surface area (TPSA) is 12.9 Å². The van der Waals surface area contributed by atoms with Crippen molar-refractivity contribution in [1.29, 1.82) is 0 Å². The van der Waals surface area contributed by atoms with Crippen molar-refractivity contribution in [2.24, 2.45) is 0 Å². The van der Waals surface area contributed by atoms with E-state index in [2.05, 4.69) is 4.98 Å². The van der Waals surface area contributed by atoms with Gasteiger partial charge in [0.2, 0.25) is 0 Å². The van der Waals surface area contributed by atoms with Crippen molar-refractivity contribution in [3.8, 4) is 11.3 Å². The summed E-state index contributed by atoms with van der Waals surface area (Å²) in [6.07, 6.45) is -2.59. The number of halogens is 3. The van der Waals surface area contributed by atoms with Crippen LogP contribution in [0.5, 0.6) is 0 Å². The Kier molecular flexibility index (Phi) is 3.11. The van der Waals surface area contributed by atoms with Gasteiger partial charge in [0.05, 0.1) is 11.3 Å². The lowest BCUT2D eigenvalue weighted by molar-refractivity contribution is -0.137. The van der Waals surface area contributed by atoms with E-state index in [0.29, 0.717) is 11.3 Å². The van der Waals surface area contributed by atoms with Crippen LogP contribution in [0.3, 0.4) is 0 Å². The molecule has 2 rings (SSSR count). The Hall–Kier alpha value is -1.84. The maximum absolute atomic E-state index is 12.4. The van der Waals surface area contributed by atoms with Crippen molar-refractivity contribution in [1.82, 2.24) is 4.98 Å². The largest absolute Gasteiger partial charge is 0.416 e. The van der Waals surface area contributed by atoms with Gasteiger partial charge in [-0.1, -0.05) is 18.2 Å². The molecule has 0 amide bonds. The molecule has 1 heterocycles. The van der Waals surface area contributed by atoms with E-state index in [4.69, 9.17) is 0 Å². The Bertz CT molecular complexity index is 556. The van der Waals surface area contributed by atoms with Gasteiger partial charge in [0.1, 0.15) is 0 Å². The quantitative estimate of drug-likeness (QED) is 0.732. The first-order valence-corrected chi connectivity index (χ1v) is 5.49. The van der Waals surface area contributed by atoms with Gasteiger partial charge < -0.3 is 0 Å². The molecule has 4 heteroatoms. The highest BCUT2D eigenvalue weighted by atomic mass is 19.4. The number of aromatic nitrogens is 1. The molecule has 0 spiro atoms. The van der Waals surface area contributed by atoms with Crippen LogP contribution >= 0.6 is 0 Å². The molecule has 0 saturated heterocycles. The molecule has 1 aromatic carbocycles. The van der Waals surface area contributed by atoms with Crippen molar-refractivity contribution >= 4 is 0 Å². The normalized spacial score (nSPS) is 11.6. The molecule has 18 heavy (non-hydrogen) atoms. The second kappa shape index (κ2) is 4.44. The summed E-state index contributed by atoms with van der Waals surface area (Å²) < 4.78 is 37.3. The van der Waals surface area contributed by atoms with Gasteiger partial charge >= 0.3 is 6.18 Å². The molecule has 94 valence electrons. The minimum absolute atomic E-state index is 0.643. The molecule has 0 radical (unpaired) electrons. The molecule has 1 nitrogen and oxygen atoms in total. The summed E-state index contributed by atoms with van der Waals surface area (Å²) in [5.41, 5.74) is 2.75. The molecule has 1 aromatic heterocycles. The summed E-state index contributed by atoms with van der Waals surface area (Å²) in [7, 11) is 0. The van der Waals surface area contributed by atoms with E-state index >= 15 is 0 Å². The van der Waals surface area contributed by atoms with Crippen LogP contribution in [0, 0.1) is 13.8 Å². The average molecular weight is 251 g/mol. The standard InChI is InChI=1S/C14H12F3N/c1-9-7-10(2)13(18-8-9)11-3-5-12(6-4-11)14(15,16)17/h3-8H,1-2H3. The minimum atomic E-state index is -4.30. The van der Waals surface area contributed by atoms with Gasteiger partial charge in [0, 0.05) is 11.8 Å². The average Bonchev–Trinajstić information content (AvgIpc) is 2.28. The summed E-state index contributed by atoms with van der Waals surface area (Å²) in [4.78, 5) is 4.26. The second-order valence-corrected chi connectivity index (χ2v) is 4.25. The number of alkyl halides is 3. The van der Waals surface area contributed by atoms with E-state index in [9.17, 15) is 13.2 Å². The molecule has 0 bridgehead atoms. The van der Waals surface area contributed by atoms with E-state index in [-0.39, 0.29) is 0 Å². The molecule has 2 aromatic rings. The summed E-state index contributed by atoms with van der Waals surface area (Å²) >= 11 is 0. The van der Waals surface area contributed by atoms with Crippen LogP contribution in [0.4, 0.5) is 13.2 Å². The van der Waals surface area contributed by atoms with Crippen LogP contribution in [0.15, 0.2) is 36.5 Å². The van der Waals surface area contributed by atoms with E-state index < -0.39 is 11.7 Å². The summed E-state index contributed by atoms with van der Waals surface area (Å²) in [6, 6.07) is 7.02. The van der Waals surface area contributed by atoms with Crippen molar-refractivity contribution in [2.45, 2.75) is 20.0 Å². The van der Waals surface area contributed by atoms with Crippen LogP contribution in [-0.4, -0.2) is 4.98 Å².